The summed E-state index contributed by atoms with van der Waals surface area (Å²) in [6, 6.07) is 7.33. The highest BCUT2D eigenvalue weighted by atomic mass is 79.9. The van der Waals surface area contributed by atoms with Crippen molar-refractivity contribution in [3.8, 4) is 0 Å². The molecule has 0 spiro atoms. The van der Waals surface area contributed by atoms with Crippen LogP contribution in [0.5, 0.6) is 0 Å². The number of carbonyl (C=O) groups is 1. The number of nitrogens with zero attached hydrogens (tertiary/aromatic N) is 1. The number of nitrogens with one attached hydrogen (secondary N) is 2. The summed E-state index contributed by atoms with van der Waals surface area (Å²) in [4.78, 5) is 36.8. The van der Waals surface area contributed by atoms with Gasteiger partial charge in [-0.25, -0.2) is 4.79 Å². The van der Waals surface area contributed by atoms with Gasteiger partial charge in [-0.3, -0.25) is 19.1 Å². The van der Waals surface area contributed by atoms with E-state index in [4.69, 9.17) is 0 Å². The Kier molecular flexibility index (Phi) is 4.19. The van der Waals surface area contributed by atoms with E-state index in [2.05, 4.69) is 26.2 Å². The number of halogens is 1. The molecular formula is C13H12BrN3O3. The highest BCUT2D eigenvalue weighted by Gasteiger charge is 2.08. The topological polar surface area (TPSA) is 84.0 Å². The van der Waals surface area contributed by atoms with Crippen molar-refractivity contribution >= 4 is 27.5 Å². The van der Waals surface area contributed by atoms with Crippen LogP contribution in [-0.4, -0.2) is 15.5 Å². The SMILES string of the molecule is Cc1ccccc1NC(=O)Cn1cc(Br)c(=O)[nH]c1=O. The Morgan fingerprint density at radius 2 is 2.05 bits per heavy atom. The van der Waals surface area contributed by atoms with Gasteiger partial charge in [-0.2, -0.15) is 0 Å². The number of benzene rings is 1. The maximum absolute atomic E-state index is 11.9. The number of H-pyrrole nitrogens is 1. The summed E-state index contributed by atoms with van der Waals surface area (Å²) in [6.45, 7) is 1.70. The molecule has 104 valence electrons. The Balaban J connectivity index is 2.17. The molecule has 2 N–H and O–H groups in total. The second kappa shape index (κ2) is 5.87. The largest absolute Gasteiger partial charge is 0.328 e. The van der Waals surface area contributed by atoms with Gasteiger partial charge in [-0.1, -0.05) is 18.2 Å². The Morgan fingerprint density at radius 3 is 2.75 bits per heavy atom. The maximum Gasteiger partial charge on any atom is 0.328 e. The number of aromatic amines is 1. The third-order valence-corrected chi connectivity index (χ3v) is 3.27. The van der Waals surface area contributed by atoms with E-state index in [1.807, 2.05) is 25.1 Å². The lowest BCUT2D eigenvalue weighted by atomic mass is 10.2. The van der Waals surface area contributed by atoms with Crippen LogP contribution in [0.3, 0.4) is 0 Å². The fourth-order valence-corrected chi connectivity index (χ4v) is 2.00. The molecular weight excluding hydrogens is 326 g/mol. The average molecular weight is 338 g/mol. The Bertz CT molecular complexity index is 764. The van der Waals surface area contributed by atoms with E-state index in [1.165, 1.54) is 6.20 Å². The second-order valence-corrected chi connectivity index (χ2v) is 5.08. The summed E-state index contributed by atoms with van der Waals surface area (Å²) < 4.78 is 1.32. The number of para-hydroxylation sites is 1. The van der Waals surface area contributed by atoms with Crippen LogP contribution < -0.4 is 16.6 Å². The minimum absolute atomic E-state index is 0.178. The number of rotatable bonds is 3. The molecule has 0 aliphatic heterocycles. The zero-order valence-electron chi connectivity index (χ0n) is 10.6. The Morgan fingerprint density at radius 1 is 1.35 bits per heavy atom. The van der Waals surface area contributed by atoms with Crippen LogP contribution in [0.1, 0.15) is 5.56 Å². The summed E-state index contributed by atoms with van der Waals surface area (Å²) in [7, 11) is 0. The quantitative estimate of drug-likeness (QED) is 0.883. The highest BCUT2D eigenvalue weighted by Crippen LogP contribution is 2.12. The van der Waals surface area contributed by atoms with Gasteiger partial charge in [0.1, 0.15) is 6.54 Å². The van der Waals surface area contributed by atoms with Crippen LogP contribution in [-0.2, 0) is 11.3 Å². The predicted molar refractivity (Wildman–Crippen MR) is 78.8 cm³/mol. The molecule has 0 aliphatic rings. The van der Waals surface area contributed by atoms with Gasteiger partial charge in [0.15, 0.2) is 0 Å². The molecule has 1 amide bonds. The van der Waals surface area contributed by atoms with Gasteiger partial charge in [0.2, 0.25) is 5.91 Å². The number of amides is 1. The van der Waals surface area contributed by atoms with Crippen molar-refractivity contribution in [3.05, 3.63) is 61.3 Å². The average Bonchev–Trinajstić information content (AvgIpc) is 2.39. The van der Waals surface area contributed by atoms with Crippen molar-refractivity contribution in [1.82, 2.24) is 9.55 Å². The van der Waals surface area contributed by atoms with Gasteiger partial charge in [0, 0.05) is 11.9 Å². The molecule has 0 radical (unpaired) electrons. The van der Waals surface area contributed by atoms with Crippen molar-refractivity contribution < 1.29 is 4.79 Å². The molecule has 0 fully saturated rings. The van der Waals surface area contributed by atoms with Crippen LogP contribution in [0.4, 0.5) is 5.69 Å². The first-order valence-corrected chi connectivity index (χ1v) is 6.61. The zero-order chi connectivity index (χ0) is 14.7. The summed E-state index contributed by atoms with van der Waals surface area (Å²) >= 11 is 3.01. The third-order valence-electron chi connectivity index (χ3n) is 2.70. The van der Waals surface area contributed by atoms with Gasteiger partial charge in [0.25, 0.3) is 5.56 Å². The first-order chi connectivity index (χ1) is 9.47. The summed E-state index contributed by atoms with van der Waals surface area (Å²) in [5.41, 5.74) is 0.466. The van der Waals surface area contributed by atoms with Crippen LogP contribution in [0.25, 0.3) is 0 Å². The fraction of sp³-hybridized carbons (Fsp3) is 0.154. The number of carbonyl (C=O) groups excluding carboxylic acids is 1. The number of aromatic nitrogens is 2. The van der Waals surface area contributed by atoms with Crippen molar-refractivity contribution in [1.29, 1.82) is 0 Å². The lowest BCUT2D eigenvalue weighted by molar-refractivity contribution is -0.116. The van der Waals surface area contributed by atoms with Gasteiger partial charge in [0.05, 0.1) is 4.47 Å². The molecule has 1 aromatic heterocycles. The molecule has 0 atom stereocenters. The number of anilines is 1. The molecule has 6 nitrogen and oxygen atoms in total. The molecule has 2 rings (SSSR count). The van der Waals surface area contributed by atoms with Crippen molar-refractivity contribution in [2.75, 3.05) is 5.32 Å². The molecule has 0 bridgehead atoms. The van der Waals surface area contributed by atoms with E-state index in [-0.39, 0.29) is 16.9 Å². The monoisotopic (exact) mass is 337 g/mol. The number of aryl methyl sites for hydroxylation is 1. The lowest BCUT2D eigenvalue weighted by Gasteiger charge is -2.09. The van der Waals surface area contributed by atoms with Gasteiger partial charge < -0.3 is 5.32 Å². The number of hydrogen-bond acceptors (Lipinski definition) is 3. The summed E-state index contributed by atoms with van der Waals surface area (Å²) in [6.07, 6.45) is 1.29. The van der Waals surface area contributed by atoms with E-state index in [0.717, 1.165) is 10.1 Å². The molecule has 0 saturated heterocycles. The molecule has 0 unspecified atom stereocenters. The standard InChI is InChI=1S/C13H12BrN3O3/c1-8-4-2-3-5-10(8)15-11(18)7-17-6-9(14)12(19)16-13(17)20/h2-6H,7H2,1H3,(H,15,18)(H,16,19,20). The van der Waals surface area contributed by atoms with E-state index in [9.17, 15) is 14.4 Å². The first kappa shape index (κ1) is 14.3. The van der Waals surface area contributed by atoms with Crippen molar-refractivity contribution in [2.24, 2.45) is 0 Å². The molecule has 0 saturated carbocycles. The Labute approximate surface area is 122 Å². The molecule has 1 heterocycles. The molecule has 7 heteroatoms. The smallest absolute Gasteiger partial charge is 0.324 e. The van der Waals surface area contributed by atoms with E-state index >= 15 is 0 Å². The third kappa shape index (κ3) is 3.24. The van der Waals surface area contributed by atoms with E-state index in [1.54, 1.807) is 6.07 Å². The normalized spacial score (nSPS) is 10.3. The van der Waals surface area contributed by atoms with Crippen LogP contribution in [0.2, 0.25) is 0 Å². The summed E-state index contributed by atoms with van der Waals surface area (Å²) in [5, 5.41) is 2.71. The number of hydrogen-bond donors (Lipinski definition) is 2. The molecule has 20 heavy (non-hydrogen) atoms. The van der Waals surface area contributed by atoms with Crippen LogP contribution in [0.15, 0.2) is 44.5 Å². The lowest BCUT2D eigenvalue weighted by Crippen LogP contribution is -2.33. The Hall–Kier alpha value is -2.15. The van der Waals surface area contributed by atoms with E-state index in [0.29, 0.717) is 5.69 Å². The first-order valence-electron chi connectivity index (χ1n) is 5.82. The van der Waals surface area contributed by atoms with Gasteiger partial charge >= 0.3 is 5.69 Å². The van der Waals surface area contributed by atoms with Gasteiger partial charge in [-0.05, 0) is 34.5 Å². The molecule has 1 aromatic carbocycles. The molecule has 2 aromatic rings. The van der Waals surface area contributed by atoms with E-state index < -0.39 is 11.2 Å². The van der Waals surface area contributed by atoms with Crippen LogP contribution >= 0.6 is 15.9 Å². The minimum Gasteiger partial charge on any atom is -0.324 e. The zero-order valence-corrected chi connectivity index (χ0v) is 12.2. The molecule has 0 aliphatic carbocycles. The highest BCUT2D eigenvalue weighted by molar-refractivity contribution is 9.10. The van der Waals surface area contributed by atoms with Crippen molar-refractivity contribution in [3.63, 3.8) is 0 Å². The van der Waals surface area contributed by atoms with Crippen molar-refractivity contribution in [2.45, 2.75) is 13.5 Å². The minimum atomic E-state index is -0.627. The predicted octanol–water partition coefficient (Wildman–Crippen LogP) is 1.25. The fourth-order valence-electron chi connectivity index (χ4n) is 1.66. The summed E-state index contributed by atoms with van der Waals surface area (Å²) in [5.74, 6) is -0.347. The second-order valence-electron chi connectivity index (χ2n) is 4.23. The maximum atomic E-state index is 11.9. The van der Waals surface area contributed by atoms with Gasteiger partial charge in [-0.15, -0.1) is 0 Å². The van der Waals surface area contributed by atoms with Crippen LogP contribution in [0, 0.1) is 6.92 Å².